The average molecular weight is 502 g/mol. The van der Waals surface area contributed by atoms with Crippen LogP contribution in [-0.2, 0) is 11.8 Å². The van der Waals surface area contributed by atoms with Crippen LogP contribution in [0.4, 0.5) is 32.0 Å². The number of carbonyl (C=O) groups is 2. The van der Waals surface area contributed by atoms with Crippen LogP contribution in [0.25, 0.3) is 11.1 Å². The number of carbonyl (C=O) groups excluding carboxylic acids is 2. The third-order valence-corrected chi connectivity index (χ3v) is 5.23. The SMILES string of the molecule is Cc1n[nH]c(C)c1-c1ccc(NC(=O)C(NC(=O)c2ccnn2C)C(C(F)(F)F)C(F)(F)F)cc1. The molecular weight excluding hydrogens is 482 g/mol. The van der Waals surface area contributed by atoms with Crippen LogP contribution >= 0.6 is 0 Å². The maximum Gasteiger partial charge on any atom is 0.403 e. The quantitative estimate of drug-likeness (QED) is 0.445. The number of amides is 2. The molecule has 3 rings (SSSR count). The van der Waals surface area contributed by atoms with Crippen molar-refractivity contribution in [1.29, 1.82) is 0 Å². The van der Waals surface area contributed by atoms with E-state index >= 15 is 0 Å². The van der Waals surface area contributed by atoms with Gasteiger partial charge in [0.2, 0.25) is 5.91 Å². The molecule has 2 aromatic heterocycles. The summed E-state index contributed by atoms with van der Waals surface area (Å²) >= 11 is 0. The Balaban J connectivity index is 1.91. The van der Waals surface area contributed by atoms with Gasteiger partial charge in [0.05, 0.1) is 5.69 Å². The number of aryl methyl sites for hydroxylation is 3. The number of nitrogens with one attached hydrogen (secondary N) is 3. The van der Waals surface area contributed by atoms with Crippen LogP contribution in [0.15, 0.2) is 36.5 Å². The molecule has 3 aromatic rings. The van der Waals surface area contributed by atoms with E-state index in [1.54, 1.807) is 19.2 Å². The van der Waals surface area contributed by atoms with Crippen molar-refractivity contribution < 1.29 is 35.9 Å². The molecule has 0 saturated carbocycles. The Morgan fingerprint density at radius 2 is 1.60 bits per heavy atom. The molecule has 0 aliphatic carbocycles. The molecule has 1 aromatic carbocycles. The smallest absolute Gasteiger partial charge is 0.338 e. The number of anilines is 1. The Labute approximate surface area is 194 Å². The molecule has 1 atom stereocenters. The van der Waals surface area contributed by atoms with Gasteiger partial charge in [0.15, 0.2) is 5.92 Å². The summed E-state index contributed by atoms with van der Waals surface area (Å²) in [5, 5.41) is 14.1. The van der Waals surface area contributed by atoms with E-state index in [0.717, 1.165) is 28.2 Å². The Morgan fingerprint density at radius 3 is 2.06 bits per heavy atom. The second-order valence-corrected chi connectivity index (χ2v) is 7.73. The van der Waals surface area contributed by atoms with E-state index in [1.807, 2.05) is 5.32 Å². The highest BCUT2D eigenvalue weighted by Crippen LogP contribution is 2.42. The van der Waals surface area contributed by atoms with Crippen LogP contribution in [0, 0.1) is 19.8 Å². The minimum Gasteiger partial charge on any atom is -0.338 e. The van der Waals surface area contributed by atoms with E-state index in [9.17, 15) is 35.9 Å². The van der Waals surface area contributed by atoms with E-state index < -0.39 is 36.1 Å². The third-order valence-electron chi connectivity index (χ3n) is 5.23. The molecule has 35 heavy (non-hydrogen) atoms. The zero-order chi connectivity index (χ0) is 26.1. The van der Waals surface area contributed by atoms with Crippen LogP contribution in [-0.4, -0.2) is 50.2 Å². The minimum atomic E-state index is -5.87. The van der Waals surface area contributed by atoms with Crippen molar-refractivity contribution >= 4 is 17.5 Å². The Bertz CT molecular complexity index is 1180. The summed E-state index contributed by atoms with van der Waals surface area (Å²) in [5.74, 6) is -7.17. The van der Waals surface area contributed by atoms with Gasteiger partial charge in [-0.2, -0.15) is 36.5 Å². The number of aromatic amines is 1. The van der Waals surface area contributed by atoms with E-state index in [1.165, 1.54) is 31.3 Å². The molecule has 0 bridgehead atoms. The number of halogens is 6. The van der Waals surface area contributed by atoms with Crippen LogP contribution in [0.1, 0.15) is 21.9 Å². The standard InChI is InChI=1S/C21H20F6N6O2/c1-10-15(11(2)32-31-10)12-4-6-13(7-5-12)29-19(35)16(17(20(22,23)24)21(25,26)27)30-18(34)14-8-9-28-33(14)3/h4-9,16-17H,1-3H3,(H,29,35)(H,30,34)(H,31,32). The molecular formula is C21H20F6N6O2. The van der Waals surface area contributed by atoms with Gasteiger partial charge in [0, 0.05) is 30.2 Å². The highest BCUT2D eigenvalue weighted by molar-refractivity contribution is 6.01. The Morgan fingerprint density at radius 1 is 1.00 bits per heavy atom. The number of rotatable bonds is 6. The zero-order valence-electron chi connectivity index (χ0n) is 18.5. The van der Waals surface area contributed by atoms with Gasteiger partial charge in [0.25, 0.3) is 5.91 Å². The van der Waals surface area contributed by atoms with Crippen molar-refractivity contribution in [1.82, 2.24) is 25.3 Å². The Hall–Kier alpha value is -3.84. The van der Waals surface area contributed by atoms with Crippen molar-refractivity contribution in [2.45, 2.75) is 32.2 Å². The van der Waals surface area contributed by atoms with Gasteiger partial charge in [-0.05, 0) is 37.6 Å². The lowest BCUT2D eigenvalue weighted by Crippen LogP contribution is -2.57. The lowest BCUT2D eigenvalue weighted by Gasteiger charge is -2.30. The third kappa shape index (κ3) is 5.63. The summed E-state index contributed by atoms with van der Waals surface area (Å²) in [6.45, 7) is 3.52. The van der Waals surface area contributed by atoms with Gasteiger partial charge >= 0.3 is 12.4 Å². The fourth-order valence-corrected chi connectivity index (χ4v) is 3.59. The van der Waals surface area contributed by atoms with E-state index in [4.69, 9.17) is 0 Å². The maximum atomic E-state index is 13.4. The minimum absolute atomic E-state index is 0.0690. The van der Waals surface area contributed by atoms with Crippen molar-refractivity contribution in [3.63, 3.8) is 0 Å². The molecule has 1 unspecified atom stereocenters. The van der Waals surface area contributed by atoms with Crippen LogP contribution in [0.2, 0.25) is 0 Å². The fourth-order valence-electron chi connectivity index (χ4n) is 3.59. The van der Waals surface area contributed by atoms with E-state index in [2.05, 4.69) is 15.3 Å². The Kier molecular flexibility index (Phi) is 6.94. The molecule has 0 saturated heterocycles. The molecule has 3 N–H and O–H groups in total. The van der Waals surface area contributed by atoms with Crippen LogP contribution < -0.4 is 10.6 Å². The van der Waals surface area contributed by atoms with E-state index in [-0.39, 0.29) is 11.4 Å². The first-order valence-corrected chi connectivity index (χ1v) is 10.0. The van der Waals surface area contributed by atoms with Crippen molar-refractivity contribution in [3.8, 4) is 11.1 Å². The van der Waals surface area contributed by atoms with E-state index in [0.29, 0.717) is 11.3 Å². The number of hydrogen-bond donors (Lipinski definition) is 3. The van der Waals surface area contributed by atoms with Crippen LogP contribution in [0.3, 0.4) is 0 Å². The van der Waals surface area contributed by atoms with Crippen molar-refractivity contribution in [2.24, 2.45) is 13.0 Å². The average Bonchev–Trinajstić information content (AvgIpc) is 3.31. The van der Waals surface area contributed by atoms with Gasteiger partial charge in [-0.1, -0.05) is 12.1 Å². The predicted molar refractivity (Wildman–Crippen MR) is 112 cm³/mol. The lowest BCUT2D eigenvalue weighted by atomic mass is 9.96. The summed E-state index contributed by atoms with van der Waals surface area (Å²) in [4.78, 5) is 25.1. The summed E-state index contributed by atoms with van der Waals surface area (Å²) in [7, 11) is 1.26. The lowest BCUT2D eigenvalue weighted by molar-refractivity contribution is -0.288. The summed E-state index contributed by atoms with van der Waals surface area (Å²) < 4.78 is 81.6. The van der Waals surface area contributed by atoms with Crippen molar-refractivity contribution in [2.75, 3.05) is 5.32 Å². The molecule has 0 radical (unpaired) electrons. The van der Waals surface area contributed by atoms with Gasteiger partial charge in [-0.25, -0.2) is 0 Å². The first-order valence-electron chi connectivity index (χ1n) is 10.0. The van der Waals surface area contributed by atoms with Gasteiger partial charge in [-0.15, -0.1) is 0 Å². The molecule has 8 nitrogen and oxygen atoms in total. The first-order chi connectivity index (χ1) is 16.2. The second kappa shape index (κ2) is 9.43. The molecule has 0 aliphatic heterocycles. The van der Waals surface area contributed by atoms with Crippen molar-refractivity contribution in [3.05, 3.63) is 53.6 Å². The molecule has 2 heterocycles. The predicted octanol–water partition coefficient (Wildman–Crippen LogP) is 3.90. The second-order valence-electron chi connectivity index (χ2n) is 7.73. The molecule has 188 valence electrons. The normalized spacial score (nSPS) is 13.1. The number of alkyl halides is 6. The number of aromatic nitrogens is 4. The topological polar surface area (TPSA) is 105 Å². The highest BCUT2D eigenvalue weighted by Gasteiger charge is 2.62. The molecule has 14 heteroatoms. The van der Waals surface area contributed by atoms with Crippen LogP contribution in [0.5, 0.6) is 0 Å². The number of hydrogen-bond acceptors (Lipinski definition) is 4. The van der Waals surface area contributed by atoms with Gasteiger partial charge < -0.3 is 10.6 Å². The number of nitrogens with zero attached hydrogens (tertiary/aromatic N) is 3. The molecule has 0 fully saturated rings. The first kappa shape index (κ1) is 25.8. The summed E-state index contributed by atoms with van der Waals surface area (Å²) in [6.07, 6.45) is -10.6. The number of benzene rings is 1. The molecule has 2 amide bonds. The monoisotopic (exact) mass is 502 g/mol. The zero-order valence-corrected chi connectivity index (χ0v) is 18.5. The largest absolute Gasteiger partial charge is 0.403 e. The maximum absolute atomic E-state index is 13.4. The van der Waals surface area contributed by atoms with Gasteiger partial charge in [-0.3, -0.25) is 19.4 Å². The van der Waals surface area contributed by atoms with Gasteiger partial charge in [0.1, 0.15) is 11.7 Å². The highest BCUT2D eigenvalue weighted by atomic mass is 19.4. The summed E-state index contributed by atoms with van der Waals surface area (Å²) in [6, 6.07) is 3.75. The number of H-pyrrole nitrogens is 1. The fraction of sp³-hybridized carbons (Fsp3) is 0.333. The molecule has 0 spiro atoms. The molecule has 0 aliphatic rings. The summed E-state index contributed by atoms with van der Waals surface area (Å²) in [5.41, 5.74) is 2.45.